The monoisotopic (exact) mass is 312 g/mol. The Hall–Kier alpha value is -1.22. The Morgan fingerprint density at radius 3 is 2.47 bits per heavy atom. The van der Waals surface area contributed by atoms with Crippen LogP contribution in [-0.4, -0.2) is 5.71 Å². The van der Waals surface area contributed by atoms with Crippen LogP contribution < -0.4 is 5.43 Å². The van der Waals surface area contributed by atoms with Crippen molar-refractivity contribution in [2.45, 2.75) is 6.92 Å². The first kappa shape index (κ1) is 14.2. The summed E-state index contributed by atoms with van der Waals surface area (Å²) in [6.45, 7) is 1.85. The summed E-state index contributed by atoms with van der Waals surface area (Å²) >= 11 is 18.1. The highest BCUT2D eigenvalue weighted by atomic mass is 35.5. The Labute approximate surface area is 127 Å². The number of anilines is 1. The Balaban J connectivity index is 2.24. The molecule has 98 valence electrons. The largest absolute Gasteiger partial charge is 0.277 e. The van der Waals surface area contributed by atoms with Crippen LogP contribution in [-0.2, 0) is 0 Å². The smallest absolute Gasteiger partial charge is 0.0748 e. The highest BCUT2D eigenvalue weighted by Crippen LogP contribution is 2.23. The SMILES string of the molecule is C/C(=N/Nc1ccccc1Cl)c1cc(Cl)ccc1Cl. The molecule has 0 amide bonds. The maximum Gasteiger partial charge on any atom is 0.0748 e. The summed E-state index contributed by atoms with van der Waals surface area (Å²) in [5.41, 5.74) is 5.16. The number of benzene rings is 2. The lowest BCUT2D eigenvalue weighted by atomic mass is 10.1. The molecule has 2 aromatic carbocycles. The fourth-order valence-electron chi connectivity index (χ4n) is 1.53. The predicted molar refractivity (Wildman–Crippen MR) is 83.7 cm³/mol. The lowest BCUT2D eigenvalue weighted by Gasteiger charge is -2.07. The number of hydrogen-bond donors (Lipinski definition) is 1. The van der Waals surface area contributed by atoms with Gasteiger partial charge in [0, 0.05) is 15.6 Å². The van der Waals surface area contributed by atoms with Crippen molar-refractivity contribution < 1.29 is 0 Å². The van der Waals surface area contributed by atoms with Gasteiger partial charge < -0.3 is 0 Å². The number of rotatable bonds is 3. The van der Waals surface area contributed by atoms with Gasteiger partial charge in [-0.25, -0.2) is 0 Å². The minimum Gasteiger partial charge on any atom is -0.277 e. The van der Waals surface area contributed by atoms with E-state index < -0.39 is 0 Å². The minimum atomic E-state index is 0.603. The lowest BCUT2D eigenvalue weighted by molar-refractivity contribution is 1.32. The molecule has 0 fully saturated rings. The summed E-state index contributed by atoms with van der Waals surface area (Å²) in [6.07, 6.45) is 0. The second-order valence-electron chi connectivity index (χ2n) is 3.91. The van der Waals surface area contributed by atoms with E-state index in [1.165, 1.54) is 0 Å². The summed E-state index contributed by atoms with van der Waals surface area (Å²) in [4.78, 5) is 0. The second-order valence-corrected chi connectivity index (χ2v) is 5.16. The van der Waals surface area contributed by atoms with Gasteiger partial charge in [0.2, 0.25) is 0 Å². The van der Waals surface area contributed by atoms with Crippen LogP contribution in [0.15, 0.2) is 47.6 Å². The van der Waals surface area contributed by atoms with Gasteiger partial charge in [0.15, 0.2) is 0 Å². The van der Waals surface area contributed by atoms with Crippen molar-refractivity contribution in [3.8, 4) is 0 Å². The maximum atomic E-state index is 6.11. The third-order valence-electron chi connectivity index (χ3n) is 2.54. The molecule has 19 heavy (non-hydrogen) atoms. The molecule has 1 N–H and O–H groups in total. The molecule has 0 heterocycles. The Morgan fingerprint density at radius 1 is 1.00 bits per heavy atom. The first-order valence-corrected chi connectivity index (χ1v) is 6.71. The topological polar surface area (TPSA) is 24.4 Å². The van der Waals surface area contributed by atoms with E-state index in [2.05, 4.69) is 10.5 Å². The lowest BCUT2D eigenvalue weighted by Crippen LogP contribution is -2.01. The summed E-state index contributed by atoms with van der Waals surface area (Å²) in [7, 11) is 0. The molecule has 0 atom stereocenters. The van der Waals surface area contributed by atoms with E-state index in [-0.39, 0.29) is 0 Å². The normalized spacial score (nSPS) is 11.5. The van der Waals surface area contributed by atoms with Crippen molar-refractivity contribution in [3.05, 3.63) is 63.1 Å². The molecule has 0 spiro atoms. The van der Waals surface area contributed by atoms with Crippen LogP contribution in [0.5, 0.6) is 0 Å². The quantitative estimate of drug-likeness (QED) is 0.588. The van der Waals surface area contributed by atoms with Crippen molar-refractivity contribution in [2.75, 3.05) is 5.43 Å². The average Bonchev–Trinajstić information content (AvgIpc) is 2.40. The van der Waals surface area contributed by atoms with Crippen molar-refractivity contribution in [1.82, 2.24) is 0 Å². The van der Waals surface area contributed by atoms with Crippen LogP contribution in [0.3, 0.4) is 0 Å². The van der Waals surface area contributed by atoms with Crippen molar-refractivity contribution in [3.63, 3.8) is 0 Å². The zero-order chi connectivity index (χ0) is 13.8. The van der Waals surface area contributed by atoms with Gasteiger partial charge in [-0.3, -0.25) is 5.43 Å². The van der Waals surface area contributed by atoms with Gasteiger partial charge in [-0.2, -0.15) is 5.10 Å². The highest BCUT2D eigenvalue weighted by Gasteiger charge is 2.05. The first-order chi connectivity index (χ1) is 9.08. The van der Waals surface area contributed by atoms with Crippen LogP contribution in [0.1, 0.15) is 12.5 Å². The maximum absolute atomic E-state index is 6.11. The molecule has 2 rings (SSSR count). The first-order valence-electron chi connectivity index (χ1n) is 5.58. The van der Waals surface area contributed by atoms with E-state index in [9.17, 15) is 0 Å². The van der Waals surface area contributed by atoms with E-state index in [1.54, 1.807) is 24.3 Å². The molecule has 0 aliphatic heterocycles. The number of para-hydroxylation sites is 1. The van der Waals surface area contributed by atoms with Gasteiger partial charge in [0.1, 0.15) is 0 Å². The number of nitrogens with one attached hydrogen (secondary N) is 1. The molecular formula is C14H11Cl3N2. The summed E-state index contributed by atoms with van der Waals surface area (Å²) in [5.74, 6) is 0. The highest BCUT2D eigenvalue weighted by molar-refractivity contribution is 6.36. The average molecular weight is 314 g/mol. The second kappa shape index (κ2) is 6.29. The van der Waals surface area contributed by atoms with Crippen LogP contribution >= 0.6 is 34.8 Å². The summed E-state index contributed by atoms with van der Waals surface area (Å²) < 4.78 is 0. The van der Waals surface area contributed by atoms with E-state index in [0.717, 1.165) is 17.0 Å². The minimum absolute atomic E-state index is 0.603. The number of hydrogen-bond acceptors (Lipinski definition) is 2. The Bertz CT molecular complexity index is 624. The molecule has 0 radical (unpaired) electrons. The third kappa shape index (κ3) is 3.63. The van der Waals surface area contributed by atoms with Crippen molar-refractivity contribution >= 4 is 46.2 Å². The molecule has 5 heteroatoms. The standard InChI is InChI=1S/C14H11Cl3N2/c1-9(11-8-10(15)6-7-12(11)16)18-19-14-5-3-2-4-13(14)17/h2-8,19H,1H3/b18-9-. The summed E-state index contributed by atoms with van der Waals surface area (Å²) in [5, 5.41) is 6.09. The Morgan fingerprint density at radius 2 is 1.74 bits per heavy atom. The zero-order valence-electron chi connectivity index (χ0n) is 10.1. The molecule has 2 nitrogen and oxygen atoms in total. The molecule has 0 aromatic heterocycles. The van der Waals surface area contributed by atoms with Gasteiger partial charge in [-0.1, -0.05) is 46.9 Å². The van der Waals surface area contributed by atoms with Gasteiger partial charge in [-0.15, -0.1) is 0 Å². The molecule has 0 aliphatic rings. The van der Waals surface area contributed by atoms with Crippen LogP contribution in [0, 0.1) is 0 Å². The van der Waals surface area contributed by atoms with Gasteiger partial charge in [0.25, 0.3) is 0 Å². The van der Waals surface area contributed by atoms with Gasteiger partial charge in [0.05, 0.1) is 16.4 Å². The molecule has 0 unspecified atom stereocenters. The molecule has 0 saturated carbocycles. The molecular weight excluding hydrogens is 303 g/mol. The predicted octanol–water partition coefficient (Wildman–Crippen LogP) is 5.48. The van der Waals surface area contributed by atoms with Crippen LogP contribution in [0.25, 0.3) is 0 Å². The molecule has 2 aromatic rings. The van der Waals surface area contributed by atoms with E-state index in [4.69, 9.17) is 34.8 Å². The fraction of sp³-hybridized carbons (Fsp3) is 0.0714. The Kier molecular flexibility index (Phi) is 4.70. The van der Waals surface area contributed by atoms with E-state index >= 15 is 0 Å². The van der Waals surface area contributed by atoms with Gasteiger partial charge in [-0.05, 0) is 37.3 Å². The van der Waals surface area contributed by atoms with E-state index in [0.29, 0.717) is 15.1 Å². The fourth-order valence-corrected chi connectivity index (χ4v) is 2.14. The number of nitrogens with zero attached hydrogens (tertiary/aromatic N) is 1. The summed E-state index contributed by atoms with van der Waals surface area (Å²) in [6, 6.07) is 12.6. The van der Waals surface area contributed by atoms with E-state index in [1.807, 2.05) is 25.1 Å². The van der Waals surface area contributed by atoms with Crippen LogP contribution in [0.2, 0.25) is 15.1 Å². The third-order valence-corrected chi connectivity index (χ3v) is 3.43. The number of halogens is 3. The molecule has 0 aliphatic carbocycles. The molecule has 0 saturated heterocycles. The van der Waals surface area contributed by atoms with Gasteiger partial charge >= 0.3 is 0 Å². The van der Waals surface area contributed by atoms with Crippen molar-refractivity contribution in [2.24, 2.45) is 5.10 Å². The molecule has 0 bridgehead atoms. The van der Waals surface area contributed by atoms with Crippen LogP contribution in [0.4, 0.5) is 5.69 Å². The number of hydrazone groups is 1. The van der Waals surface area contributed by atoms with Crippen molar-refractivity contribution in [1.29, 1.82) is 0 Å². The zero-order valence-corrected chi connectivity index (χ0v) is 12.4.